The lowest BCUT2D eigenvalue weighted by molar-refractivity contribution is -0.192. The maximum absolute atomic E-state index is 12.6. The zero-order valence-corrected chi connectivity index (χ0v) is 18.6. The SMILES string of the molecule is C[C@H](N[C@H](/C=C/C(=O)N1CCc2ccccc21)CC(C)(C)C)C(N)=O.O=C(O)C(F)(F)F. The molecule has 0 unspecified atom stereocenters. The van der Waals surface area contributed by atoms with Gasteiger partial charge in [-0.25, -0.2) is 4.79 Å². The van der Waals surface area contributed by atoms with Crippen LogP contribution in [0.15, 0.2) is 36.4 Å². The van der Waals surface area contributed by atoms with Gasteiger partial charge < -0.3 is 15.7 Å². The molecule has 0 fully saturated rings. The van der Waals surface area contributed by atoms with E-state index in [1.807, 2.05) is 24.3 Å². The molecule has 0 saturated carbocycles. The highest BCUT2D eigenvalue weighted by Gasteiger charge is 2.38. The molecule has 1 aliphatic heterocycles. The van der Waals surface area contributed by atoms with Gasteiger partial charge in [0.15, 0.2) is 0 Å². The first-order valence-electron chi connectivity index (χ1n) is 10.0. The number of fused-ring (bicyclic) bond motifs is 1. The predicted molar refractivity (Wildman–Crippen MR) is 115 cm³/mol. The van der Waals surface area contributed by atoms with Crippen LogP contribution in [0.2, 0.25) is 0 Å². The van der Waals surface area contributed by atoms with Gasteiger partial charge in [0.25, 0.3) is 5.91 Å². The number of alkyl halides is 3. The summed E-state index contributed by atoms with van der Waals surface area (Å²) in [4.78, 5) is 34.7. The predicted octanol–water partition coefficient (Wildman–Crippen LogP) is 3.03. The van der Waals surface area contributed by atoms with Crippen LogP contribution in [0.5, 0.6) is 0 Å². The van der Waals surface area contributed by atoms with Crippen molar-refractivity contribution in [1.82, 2.24) is 5.32 Å². The van der Waals surface area contributed by atoms with Crippen LogP contribution < -0.4 is 16.0 Å². The van der Waals surface area contributed by atoms with Crippen molar-refractivity contribution in [2.75, 3.05) is 11.4 Å². The molecule has 1 aliphatic rings. The van der Waals surface area contributed by atoms with E-state index in [0.717, 1.165) is 18.5 Å². The number of anilines is 1. The molecule has 2 atom stereocenters. The van der Waals surface area contributed by atoms with Crippen LogP contribution in [0.1, 0.15) is 39.7 Å². The lowest BCUT2D eigenvalue weighted by Gasteiger charge is -2.26. The number of nitrogens with two attached hydrogens (primary N) is 1. The third-order valence-corrected chi connectivity index (χ3v) is 4.59. The van der Waals surface area contributed by atoms with E-state index in [2.05, 4.69) is 32.2 Å². The normalized spacial score (nSPS) is 15.5. The number of halogens is 3. The number of carbonyl (C=O) groups is 3. The summed E-state index contributed by atoms with van der Waals surface area (Å²) in [5.41, 5.74) is 7.61. The lowest BCUT2D eigenvalue weighted by Crippen LogP contribution is -2.45. The van der Waals surface area contributed by atoms with E-state index in [1.165, 1.54) is 5.56 Å². The van der Waals surface area contributed by atoms with E-state index in [0.29, 0.717) is 6.54 Å². The monoisotopic (exact) mass is 457 g/mol. The molecule has 0 radical (unpaired) electrons. The van der Waals surface area contributed by atoms with Crippen molar-refractivity contribution in [3.05, 3.63) is 42.0 Å². The standard InChI is InChI=1S/C20H29N3O2.C2HF3O2/c1-14(19(21)25)22-16(13-20(2,3)4)9-10-18(24)23-12-11-15-7-5-6-8-17(15)23;3-2(4,5)1(6)7/h5-10,14,16,22H,11-13H2,1-4H3,(H2,21,25);(H,6,7)/b10-9+;/t14-,16+;/m0./s1. The van der Waals surface area contributed by atoms with Gasteiger partial charge in [-0.3, -0.25) is 14.9 Å². The number of hydrogen-bond acceptors (Lipinski definition) is 4. The van der Waals surface area contributed by atoms with E-state index in [1.54, 1.807) is 17.9 Å². The molecule has 32 heavy (non-hydrogen) atoms. The summed E-state index contributed by atoms with van der Waals surface area (Å²) in [6.07, 6.45) is 0.0658. The molecule has 1 aromatic rings. The molecule has 0 spiro atoms. The fourth-order valence-electron chi connectivity index (χ4n) is 3.10. The molecule has 178 valence electrons. The fourth-order valence-corrected chi connectivity index (χ4v) is 3.10. The third kappa shape index (κ3) is 9.09. The minimum absolute atomic E-state index is 0.0302. The quantitative estimate of drug-likeness (QED) is 0.569. The fraction of sp³-hybridized carbons (Fsp3) is 0.500. The Hall–Kier alpha value is -2.88. The van der Waals surface area contributed by atoms with E-state index >= 15 is 0 Å². The maximum Gasteiger partial charge on any atom is 0.490 e. The van der Waals surface area contributed by atoms with Gasteiger partial charge in [0, 0.05) is 24.4 Å². The lowest BCUT2D eigenvalue weighted by atomic mass is 9.87. The summed E-state index contributed by atoms with van der Waals surface area (Å²) in [6.45, 7) is 8.83. The van der Waals surface area contributed by atoms with Gasteiger partial charge >= 0.3 is 12.1 Å². The first-order chi connectivity index (χ1) is 14.6. The average molecular weight is 457 g/mol. The van der Waals surface area contributed by atoms with Crippen LogP contribution in [0.4, 0.5) is 18.9 Å². The van der Waals surface area contributed by atoms with Gasteiger partial charge in [0.2, 0.25) is 5.91 Å². The molecule has 0 aromatic heterocycles. The minimum atomic E-state index is -5.08. The number of carboxylic acid groups (broad SMARTS) is 1. The average Bonchev–Trinajstić information content (AvgIpc) is 3.08. The van der Waals surface area contributed by atoms with Crippen molar-refractivity contribution in [1.29, 1.82) is 0 Å². The first kappa shape index (κ1) is 27.2. The molecule has 7 nitrogen and oxygen atoms in total. The zero-order chi connectivity index (χ0) is 24.7. The Morgan fingerprint density at radius 3 is 2.28 bits per heavy atom. The van der Waals surface area contributed by atoms with Crippen LogP contribution in [0.3, 0.4) is 0 Å². The number of hydrogen-bond donors (Lipinski definition) is 3. The van der Waals surface area contributed by atoms with Gasteiger partial charge in [-0.2, -0.15) is 13.2 Å². The molecular formula is C22H30F3N3O4. The summed E-state index contributed by atoms with van der Waals surface area (Å²) < 4.78 is 31.7. The molecule has 0 saturated heterocycles. The van der Waals surface area contributed by atoms with Gasteiger partial charge in [-0.15, -0.1) is 0 Å². The van der Waals surface area contributed by atoms with E-state index in [-0.39, 0.29) is 17.4 Å². The summed E-state index contributed by atoms with van der Waals surface area (Å²) in [7, 11) is 0. The smallest absolute Gasteiger partial charge is 0.475 e. The number of carbonyl (C=O) groups excluding carboxylic acids is 2. The van der Waals surface area contributed by atoms with Crippen LogP contribution in [-0.2, 0) is 20.8 Å². The van der Waals surface area contributed by atoms with E-state index in [4.69, 9.17) is 15.6 Å². The maximum atomic E-state index is 12.6. The Morgan fingerprint density at radius 1 is 1.22 bits per heavy atom. The Kier molecular flexibility index (Phi) is 9.44. The highest BCUT2D eigenvalue weighted by molar-refractivity contribution is 6.02. The molecule has 2 rings (SSSR count). The third-order valence-electron chi connectivity index (χ3n) is 4.59. The zero-order valence-electron chi connectivity index (χ0n) is 18.6. The number of amides is 2. The number of rotatable bonds is 6. The number of para-hydroxylation sites is 1. The van der Waals surface area contributed by atoms with Crippen LogP contribution in [0, 0.1) is 5.41 Å². The van der Waals surface area contributed by atoms with Crippen LogP contribution >= 0.6 is 0 Å². The second-order valence-corrected chi connectivity index (χ2v) is 8.69. The second kappa shape index (κ2) is 11.1. The Bertz CT molecular complexity index is 848. The Balaban J connectivity index is 0.000000633. The molecule has 0 bridgehead atoms. The molecular weight excluding hydrogens is 427 g/mol. The minimum Gasteiger partial charge on any atom is -0.475 e. The van der Waals surface area contributed by atoms with Gasteiger partial charge in [-0.1, -0.05) is 45.0 Å². The summed E-state index contributed by atoms with van der Waals surface area (Å²) >= 11 is 0. The van der Waals surface area contributed by atoms with Crippen molar-refractivity contribution < 1.29 is 32.7 Å². The number of primary amides is 1. The molecule has 1 heterocycles. The van der Waals surface area contributed by atoms with Crippen molar-refractivity contribution >= 4 is 23.5 Å². The molecule has 0 aliphatic carbocycles. The summed E-state index contributed by atoms with van der Waals surface area (Å²) in [6, 6.07) is 7.45. The van der Waals surface area contributed by atoms with E-state index < -0.39 is 24.1 Å². The number of nitrogens with one attached hydrogen (secondary N) is 1. The Morgan fingerprint density at radius 2 is 1.78 bits per heavy atom. The van der Waals surface area contributed by atoms with Gasteiger partial charge in [0.1, 0.15) is 0 Å². The number of carboxylic acids is 1. The summed E-state index contributed by atoms with van der Waals surface area (Å²) in [5.74, 6) is -3.18. The topological polar surface area (TPSA) is 113 Å². The van der Waals surface area contributed by atoms with Crippen molar-refractivity contribution in [3.8, 4) is 0 Å². The highest BCUT2D eigenvalue weighted by Crippen LogP contribution is 2.28. The van der Waals surface area contributed by atoms with Crippen molar-refractivity contribution in [2.45, 2.75) is 58.8 Å². The van der Waals surface area contributed by atoms with E-state index in [9.17, 15) is 22.8 Å². The Labute approximate surface area is 185 Å². The van der Waals surface area contributed by atoms with Crippen molar-refractivity contribution in [2.24, 2.45) is 11.1 Å². The van der Waals surface area contributed by atoms with Gasteiger partial charge in [-0.05, 0) is 36.8 Å². The summed E-state index contributed by atoms with van der Waals surface area (Å²) in [5, 5.41) is 10.3. The second-order valence-electron chi connectivity index (χ2n) is 8.69. The number of aliphatic carboxylic acids is 1. The number of benzene rings is 1. The van der Waals surface area contributed by atoms with Crippen LogP contribution in [-0.4, -0.2) is 47.7 Å². The first-order valence-corrected chi connectivity index (χ1v) is 10.0. The largest absolute Gasteiger partial charge is 0.490 e. The molecule has 2 amide bonds. The molecule has 10 heteroatoms. The van der Waals surface area contributed by atoms with Crippen molar-refractivity contribution in [3.63, 3.8) is 0 Å². The highest BCUT2D eigenvalue weighted by atomic mass is 19.4. The van der Waals surface area contributed by atoms with Crippen LogP contribution in [0.25, 0.3) is 0 Å². The van der Waals surface area contributed by atoms with Gasteiger partial charge in [0.05, 0.1) is 6.04 Å². The molecule has 4 N–H and O–H groups in total. The molecule has 1 aromatic carbocycles. The number of nitrogens with zero attached hydrogens (tertiary/aromatic N) is 1.